The summed E-state index contributed by atoms with van der Waals surface area (Å²) in [5.74, 6) is 0. The molecule has 74 valence electrons. The molecule has 0 saturated carbocycles. The van der Waals surface area contributed by atoms with Gasteiger partial charge in [-0.05, 0) is 47.3 Å². The Morgan fingerprint density at radius 1 is 1.36 bits per heavy atom. The lowest BCUT2D eigenvalue weighted by Crippen LogP contribution is -2.01. The molecule has 0 radical (unpaired) electrons. The van der Waals surface area contributed by atoms with E-state index < -0.39 is 0 Å². The summed E-state index contributed by atoms with van der Waals surface area (Å²) in [4.78, 5) is 0. The summed E-state index contributed by atoms with van der Waals surface area (Å²) in [7, 11) is 0. The Bertz CT molecular complexity index is 431. The molecule has 1 aromatic heterocycles. The lowest BCUT2D eigenvalue weighted by molar-refractivity contribution is 0.981. The van der Waals surface area contributed by atoms with Gasteiger partial charge in [0.1, 0.15) is 0 Å². The van der Waals surface area contributed by atoms with Gasteiger partial charge in [0, 0.05) is 4.70 Å². The highest BCUT2D eigenvalue weighted by molar-refractivity contribution is 7.17. The van der Waals surface area contributed by atoms with Crippen LogP contribution >= 0.6 is 11.3 Å². The minimum absolute atomic E-state index is 0.738. The molecule has 2 N–H and O–H groups in total. The Hall–Kier alpha value is -0.860. The van der Waals surface area contributed by atoms with Crippen LogP contribution in [-0.4, -0.2) is 6.54 Å². The highest BCUT2D eigenvalue weighted by Crippen LogP contribution is 2.27. The summed E-state index contributed by atoms with van der Waals surface area (Å²) in [6.45, 7) is 2.93. The molecule has 0 aliphatic heterocycles. The lowest BCUT2D eigenvalue weighted by Gasteiger charge is -1.99. The molecule has 2 rings (SSSR count). The topological polar surface area (TPSA) is 26.0 Å². The van der Waals surface area contributed by atoms with E-state index >= 15 is 0 Å². The first kappa shape index (κ1) is 9.69. The van der Waals surface area contributed by atoms with Gasteiger partial charge in [-0.15, -0.1) is 11.3 Å². The number of aryl methyl sites for hydroxylation is 1. The van der Waals surface area contributed by atoms with Crippen LogP contribution in [0.1, 0.15) is 18.1 Å². The first-order valence-electron chi connectivity index (χ1n) is 5.04. The molecule has 0 amide bonds. The number of fused-ring (bicyclic) bond motifs is 1. The summed E-state index contributed by atoms with van der Waals surface area (Å²) in [5.41, 5.74) is 8.40. The molecular weight excluding hydrogens is 190 g/mol. The molecule has 0 aliphatic carbocycles. The Morgan fingerprint density at radius 2 is 2.21 bits per heavy atom. The third-order valence-electron chi connectivity index (χ3n) is 2.54. The number of hydrogen-bond donors (Lipinski definition) is 1. The second-order valence-electron chi connectivity index (χ2n) is 3.48. The van der Waals surface area contributed by atoms with Crippen LogP contribution in [0, 0.1) is 0 Å². The molecule has 0 bridgehead atoms. The summed E-state index contributed by atoms with van der Waals surface area (Å²) in [6, 6.07) is 6.74. The molecular formula is C12H15NS. The van der Waals surface area contributed by atoms with Gasteiger partial charge in [0.2, 0.25) is 0 Å². The predicted molar refractivity (Wildman–Crippen MR) is 64.0 cm³/mol. The first-order valence-corrected chi connectivity index (χ1v) is 5.92. The van der Waals surface area contributed by atoms with Gasteiger partial charge in [0.25, 0.3) is 0 Å². The maximum atomic E-state index is 5.59. The number of thiophene rings is 1. The normalized spacial score (nSPS) is 11.0. The van der Waals surface area contributed by atoms with Crippen molar-refractivity contribution in [2.24, 2.45) is 5.73 Å². The van der Waals surface area contributed by atoms with Crippen LogP contribution in [0.15, 0.2) is 23.6 Å². The monoisotopic (exact) mass is 205 g/mol. The van der Waals surface area contributed by atoms with E-state index in [1.54, 1.807) is 0 Å². The molecule has 0 unspecified atom stereocenters. The van der Waals surface area contributed by atoms with Gasteiger partial charge in [-0.1, -0.05) is 19.1 Å². The van der Waals surface area contributed by atoms with Crippen molar-refractivity contribution in [1.29, 1.82) is 0 Å². The van der Waals surface area contributed by atoms with E-state index in [1.807, 2.05) is 11.3 Å². The van der Waals surface area contributed by atoms with E-state index in [-0.39, 0.29) is 0 Å². The Kier molecular flexibility index (Phi) is 2.85. The zero-order valence-corrected chi connectivity index (χ0v) is 9.23. The van der Waals surface area contributed by atoms with Crippen LogP contribution in [0.4, 0.5) is 0 Å². The fourth-order valence-corrected chi connectivity index (χ4v) is 2.68. The van der Waals surface area contributed by atoms with Crippen LogP contribution < -0.4 is 5.73 Å². The van der Waals surface area contributed by atoms with Gasteiger partial charge < -0.3 is 5.73 Å². The van der Waals surface area contributed by atoms with Gasteiger partial charge in [0.05, 0.1) is 0 Å². The number of rotatable bonds is 3. The summed E-state index contributed by atoms with van der Waals surface area (Å²) >= 11 is 1.82. The standard InChI is InChI=1S/C12H15NS/c1-2-9-3-4-12-11(7-9)10(5-6-13)8-14-12/h3-4,7-8H,2,5-6,13H2,1H3. The van der Waals surface area contributed by atoms with Crippen LogP contribution in [-0.2, 0) is 12.8 Å². The smallest absolute Gasteiger partial charge is 0.0345 e. The predicted octanol–water partition coefficient (Wildman–Crippen LogP) is 2.96. The van der Waals surface area contributed by atoms with Crippen molar-refractivity contribution in [3.63, 3.8) is 0 Å². The molecule has 0 fully saturated rings. The molecule has 0 spiro atoms. The van der Waals surface area contributed by atoms with Crippen LogP contribution in [0.5, 0.6) is 0 Å². The van der Waals surface area contributed by atoms with Crippen molar-refractivity contribution in [1.82, 2.24) is 0 Å². The first-order chi connectivity index (χ1) is 6.85. The lowest BCUT2D eigenvalue weighted by atomic mass is 10.1. The van der Waals surface area contributed by atoms with Crippen molar-refractivity contribution in [3.8, 4) is 0 Å². The van der Waals surface area contributed by atoms with Gasteiger partial charge >= 0.3 is 0 Å². The van der Waals surface area contributed by atoms with E-state index in [1.165, 1.54) is 21.2 Å². The minimum atomic E-state index is 0.738. The molecule has 2 heteroatoms. The average molecular weight is 205 g/mol. The molecule has 1 aromatic carbocycles. The third-order valence-corrected chi connectivity index (χ3v) is 3.55. The van der Waals surface area contributed by atoms with E-state index in [4.69, 9.17) is 5.73 Å². The van der Waals surface area contributed by atoms with Crippen LogP contribution in [0.25, 0.3) is 10.1 Å². The SMILES string of the molecule is CCc1ccc2scc(CCN)c2c1. The fraction of sp³-hybridized carbons (Fsp3) is 0.333. The van der Waals surface area contributed by atoms with E-state index in [0.717, 1.165) is 19.4 Å². The third kappa shape index (κ3) is 1.68. The van der Waals surface area contributed by atoms with Gasteiger partial charge in [-0.2, -0.15) is 0 Å². The van der Waals surface area contributed by atoms with E-state index in [2.05, 4.69) is 30.5 Å². The van der Waals surface area contributed by atoms with Crippen molar-refractivity contribution in [3.05, 3.63) is 34.7 Å². The molecule has 1 nitrogen and oxygen atoms in total. The average Bonchev–Trinajstić information content (AvgIpc) is 2.61. The van der Waals surface area contributed by atoms with Crippen molar-refractivity contribution < 1.29 is 0 Å². The number of hydrogen-bond acceptors (Lipinski definition) is 2. The largest absolute Gasteiger partial charge is 0.330 e. The molecule has 0 atom stereocenters. The fourth-order valence-electron chi connectivity index (χ4n) is 1.70. The molecule has 2 aromatic rings. The molecule has 1 heterocycles. The zero-order valence-electron chi connectivity index (χ0n) is 8.42. The maximum absolute atomic E-state index is 5.59. The summed E-state index contributed by atoms with van der Waals surface area (Å²) < 4.78 is 1.38. The second-order valence-corrected chi connectivity index (χ2v) is 4.39. The van der Waals surface area contributed by atoms with Crippen LogP contribution in [0.3, 0.4) is 0 Å². The Morgan fingerprint density at radius 3 is 2.93 bits per heavy atom. The van der Waals surface area contributed by atoms with E-state index in [9.17, 15) is 0 Å². The summed E-state index contributed by atoms with van der Waals surface area (Å²) in [5, 5.41) is 3.64. The van der Waals surface area contributed by atoms with Gasteiger partial charge in [-0.3, -0.25) is 0 Å². The van der Waals surface area contributed by atoms with Crippen molar-refractivity contribution >= 4 is 21.4 Å². The summed E-state index contributed by atoms with van der Waals surface area (Å²) in [6.07, 6.45) is 2.10. The highest BCUT2D eigenvalue weighted by atomic mass is 32.1. The zero-order chi connectivity index (χ0) is 9.97. The maximum Gasteiger partial charge on any atom is 0.0345 e. The highest BCUT2D eigenvalue weighted by Gasteiger charge is 2.03. The molecule has 0 saturated heterocycles. The van der Waals surface area contributed by atoms with E-state index in [0.29, 0.717) is 0 Å². The van der Waals surface area contributed by atoms with Gasteiger partial charge in [0.15, 0.2) is 0 Å². The second kappa shape index (κ2) is 4.11. The Labute approximate surface area is 88.6 Å². The van der Waals surface area contributed by atoms with Crippen molar-refractivity contribution in [2.75, 3.05) is 6.54 Å². The quantitative estimate of drug-likeness (QED) is 0.819. The Balaban J connectivity index is 2.52. The van der Waals surface area contributed by atoms with Crippen LogP contribution in [0.2, 0.25) is 0 Å². The minimum Gasteiger partial charge on any atom is -0.330 e. The molecule has 0 aliphatic rings. The van der Waals surface area contributed by atoms with Crippen molar-refractivity contribution in [2.45, 2.75) is 19.8 Å². The molecule has 14 heavy (non-hydrogen) atoms. The number of nitrogens with two attached hydrogens (primary N) is 1. The van der Waals surface area contributed by atoms with Gasteiger partial charge in [-0.25, -0.2) is 0 Å². The number of benzene rings is 1.